The summed E-state index contributed by atoms with van der Waals surface area (Å²) in [7, 11) is 1.62. The summed E-state index contributed by atoms with van der Waals surface area (Å²) in [4.78, 5) is 14.7. The fourth-order valence-corrected chi connectivity index (χ4v) is 4.79. The lowest BCUT2D eigenvalue weighted by Gasteiger charge is -2.31. The summed E-state index contributed by atoms with van der Waals surface area (Å²) in [6, 6.07) is 12.7. The third-order valence-corrected chi connectivity index (χ3v) is 6.30. The quantitative estimate of drug-likeness (QED) is 0.730. The first-order chi connectivity index (χ1) is 14.1. The van der Waals surface area contributed by atoms with Crippen molar-refractivity contribution in [3.63, 3.8) is 0 Å². The van der Waals surface area contributed by atoms with E-state index in [1.807, 2.05) is 24.3 Å². The zero-order valence-corrected chi connectivity index (χ0v) is 16.1. The summed E-state index contributed by atoms with van der Waals surface area (Å²) in [6.07, 6.45) is 3.10. The molecule has 0 unspecified atom stereocenters. The monoisotopic (exact) mass is 394 g/mol. The molecular weight excluding hydrogens is 372 g/mol. The number of aromatic nitrogens is 1. The van der Waals surface area contributed by atoms with Crippen molar-refractivity contribution in [2.45, 2.75) is 18.4 Å². The Morgan fingerprint density at radius 2 is 2.14 bits per heavy atom. The number of benzene rings is 1. The van der Waals surface area contributed by atoms with E-state index in [0.29, 0.717) is 31.0 Å². The molecule has 1 aliphatic heterocycles. The van der Waals surface area contributed by atoms with Crippen molar-refractivity contribution in [2.24, 2.45) is 11.8 Å². The molecule has 150 valence electrons. The number of carbonyl (C=O) groups is 1. The van der Waals surface area contributed by atoms with Crippen LogP contribution in [0.5, 0.6) is 5.75 Å². The number of rotatable bonds is 4. The third-order valence-electron chi connectivity index (χ3n) is 6.30. The van der Waals surface area contributed by atoms with Crippen LogP contribution in [0.4, 0.5) is 0 Å². The zero-order valence-electron chi connectivity index (χ0n) is 16.1. The SMILES string of the molecule is COc1cccc([C@@]2(O)CC[C@@H]3CN(C(=O)c4cc(-c5ccco5)on4)C[C@@H]32)c1. The van der Waals surface area contributed by atoms with Crippen molar-refractivity contribution < 1.29 is 23.6 Å². The van der Waals surface area contributed by atoms with Gasteiger partial charge in [-0.2, -0.15) is 0 Å². The van der Waals surface area contributed by atoms with Gasteiger partial charge in [-0.05, 0) is 48.6 Å². The number of hydrogen-bond donors (Lipinski definition) is 1. The van der Waals surface area contributed by atoms with Gasteiger partial charge >= 0.3 is 0 Å². The molecule has 5 rings (SSSR count). The van der Waals surface area contributed by atoms with Crippen molar-refractivity contribution in [1.29, 1.82) is 0 Å². The number of carbonyl (C=O) groups excluding carboxylic acids is 1. The van der Waals surface area contributed by atoms with Gasteiger partial charge in [-0.15, -0.1) is 0 Å². The van der Waals surface area contributed by atoms with Crippen LogP contribution in [0.3, 0.4) is 0 Å². The number of nitrogens with zero attached hydrogens (tertiary/aromatic N) is 2. The highest BCUT2D eigenvalue weighted by atomic mass is 16.5. The molecule has 1 saturated heterocycles. The van der Waals surface area contributed by atoms with Gasteiger partial charge in [-0.1, -0.05) is 17.3 Å². The zero-order chi connectivity index (χ0) is 20.0. The number of amides is 1. The molecule has 2 fully saturated rings. The second kappa shape index (κ2) is 6.77. The number of furan rings is 1. The van der Waals surface area contributed by atoms with Crippen LogP contribution in [-0.4, -0.2) is 41.3 Å². The maximum atomic E-state index is 13.0. The molecule has 1 aromatic carbocycles. The van der Waals surface area contributed by atoms with Gasteiger partial charge in [-0.25, -0.2) is 0 Å². The Morgan fingerprint density at radius 1 is 1.24 bits per heavy atom. The molecule has 1 amide bonds. The van der Waals surface area contributed by atoms with Crippen LogP contribution < -0.4 is 4.74 Å². The van der Waals surface area contributed by atoms with Gasteiger partial charge in [0.05, 0.1) is 19.0 Å². The molecule has 3 atom stereocenters. The lowest BCUT2D eigenvalue weighted by Crippen LogP contribution is -2.36. The van der Waals surface area contributed by atoms with E-state index in [1.54, 1.807) is 36.5 Å². The van der Waals surface area contributed by atoms with Gasteiger partial charge in [0.1, 0.15) is 5.75 Å². The minimum atomic E-state index is -0.961. The molecule has 2 aliphatic rings. The van der Waals surface area contributed by atoms with Gasteiger partial charge in [0.2, 0.25) is 5.76 Å². The Balaban J connectivity index is 1.36. The number of ether oxygens (including phenoxy) is 1. The van der Waals surface area contributed by atoms with Gasteiger partial charge in [-0.3, -0.25) is 4.79 Å². The average Bonchev–Trinajstić information content (AvgIpc) is 3.52. The van der Waals surface area contributed by atoms with Crippen molar-refractivity contribution >= 4 is 5.91 Å². The van der Waals surface area contributed by atoms with Crippen molar-refractivity contribution in [2.75, 3.05) is 20.2 Å². The van der Waals surface area contributed by atoms with Crippen LogP contribution in [0, 0.1) is 11.8 Å². The number of fused-ring (bicyclic) bond motifs is 1. The average molecular weight is 394 g/mol. The summed E-state index contributed by atoms with van der Waals surface area (Å²) in [5.41, 5.74) is 0.138. The second-order valence-electron chi connectivity index (χ2n) is 7.83. The maximum absolute atomic E-state index is 13.0. The molecule has 0 radical (unpaired) electrons. The highest BCUT2D eigenvalue weighted by Gasteiger charge is 2.53. The van der Waals surface area contributed by atoms with E-state index in [-0.39, 0.29) is 23.4 Å². The number of aliphatic hydroxyl groups is 1. The summed E-state index contributed by atoms with van der Waals surface area (Å²) in [5.74, 6) is 1.72. The third kappa shape index (κ3) is 2.93. The van der Waals surface area contributed by atoms with E-state index < -0.39 is 5.60 Å². The molecule has 29 heavy (non-hydrogen) atoms. The topological polar surface area (TPSA) is 88.9 Å². The Hall–Kier alpha value is -3.06. The predicted molar refractivity (Wildman–Crippen MR) is 103 cm³/mol. The summed E-state index contributed by atoms with van der Waals surface area (Å²) < 4.78 is 15.9. The first kappa shape index (κ1) is 18.0. The smallest absolute Gasteiger partial charge is 0.276 e. The fourth-order valence-electron chi connectivity index (χ4n) is 4.79. The summed E-state index contributed by atoms with van der Waals surface area (Å²) in [5, 5.41) is 15.4. The molecule has 3 heterocycles. The Morgan fingerprint density at radius 3 is 2.93 bits per heavy atom. The number of likely N-dealkylation sites (tertiary alicyclic amines) is 1. The molecule has 3 aromatic rings. The van der Waals surface area contributed by atoms with Crippen LogP contribution in [0.1, 0.15) is 28.9 Å². The molecule has 1 N–H and O–H groups in total. The highest BCUT2D eigenvalue weighted by molar-refractivity contribution is 5.93. The van der Waals surface area contributed by atoms with Gasteiger partial charge < -0.3 is 23.7 Å². The van der Waals surface area contributed by atoms with E-state index in [1.165, 1.54) is 0 Å². The van der Waals surface area contributed by atoms with Gasteiger partial charge in [0, 0.05) is 25.1 Å². The Kier molecular flexibility index (Phi) is 4.20. The number of hydrogen-bond acceptors (Lipinski definition) is 6. The van der Waals surface area contributed by atoms with E-state index >= 15 is 0 Å². The molecule has 7 nitrogen and oxygen atoms in total. The minimum absolute atomic E-state index is 0.0185. The Bertz CT molecular complexity index is 1030. The van der Waals surface area contributed by atoms with Gasteiger partial charge in [0.15, 0.2) is 11.5 Å². The lowest BCUT2D eigenvalue weighted by molar-refractivity contribution is -0.00608. The Labute approximate surface area is 167 Å². The van der Waals surface area contributed by atoms with E-state index in [9.17, 15) is 9.90 Å². The standard InChI is InChI=1S/C22H22N2O5/c1-27-16-5-2-4-15(10-16)22(26)8-7-14-12-24(13-17(14)22)21(25)18-11-20(29-23-18)19-6-3-9-28-19/h2-6,9-11,14,17,26H,7-8,12-13H2,1H3/t14-,17+,22+/m1/s1. The summed E-state index contributed by atoms with van der Waals surface area (Å²) in [6.45, 7) is 1.10. The molecule has 7 heteroatoms. The van der Waals surface area contributed by atoms with Crippen molar-refractivity contribution in [3.8, 4) is 17.3 Å². The first-order valence-electron chi connectivity index (χ1n) is 9.75. The minimum Gasteiger partial charge on any atom is -0.497 e. The number of methoxy groups -OCH3 is 1. The highest BCUT2D eigenvalue weighted by Crippen LogP contribution is 2.51. The van der Waals surface area contributed by atoms with E-state index in [0.717, 1.165) is 17.7 Å². The van der Waals surface area contributed by atoms with Crippen LogP contribution in [0.25, 0.3) is 11.5 Å². The molecule has 0 spiro atoms. The van der Waals surface area contributed by atoms with Gasteiger partial charge in [0.25, 0.3) is 5.91 Å². The van der Waals surface area contributed by atoms with Crippen LogP contribution in [-0.2, 0) is 5.60 Å². The largest absolute Gasteiger partial charge is 0.497 e. The second-order valence-corrected chi connectivity index (χ2v) is 7.83. The molecule has 1 aliphatic carbocycles. The molecular formula is C22H22N2O5. The van der Waals surface area contributed by atoms with Crippen LogP contribution in [0.15, 0.2) is 57.7 Å². The van der Waals surface area contributed by atoms with E-state index in [4.69, 9.17) is 13.7 Å². The predicted octanol–water partition coefficient (Wildman–Crippen LogP) is 3.31. The lowest BCUT2D eigenvalue weighted by atomic mass is 9.82. The summed E-state index contributed by atoms with van der Waals surface area (Å²) >= 11 is 0. The first-order valence-corrected chi connectivity index (χ1v) is 9.75. The van der Waals surface area contributed by atoms with Crippen molar-refractivity contribution in [3.05, 3.63) is 60.0 Å². The van der Waals surface area contributed by atoms with Crippen LogP contribution in [0.2, 0.25) is 0 Å². The fraction of sp³-hybridized carbons (Fsp3) is 0.364. The normalized spacial score (nSPS) is 25.9. The molecule has 2 aromatic heterocycles. The van der Waals surface area contributed by atoms with E-state index in [2.05, 4.69) is 5.16 Å². The van der Waals surface area contributed by atoms with Crippen molar-refractivity contribution in [1.82, 2.24) is 10.1 Å². The molecule has 0 bridgehead atoms. The van der Waals surface area contributed by atoms with Crippen LogP contribution >= 0.6 is 0 Å². The molecule has 1 saturated carbocycles. The maximum Gasteiger partial charge on any atom is 0.276 e.